The normalized spacial score (nSPS) is 13.9. The van der Waals surface area contributed by atoms with Crippen LogP contribution >= 0.6 is 0 Å². The molecule has 0 saturated carbocycles. The molecule has 0 aromatic heterocycles. The van der Waals surface area contributed by atoms with E-state index in [4.69, 9.17) is 14.6 Å². The first-order valence-electron chi connectivity index (χ1n) is 6.63. The molecule has 1 N–H and O–H groups in total. The lowest BCUT2D eigenvalue weighted by Crippen LogP contribution is -2.36. The van der Waals surface area contributed by atoms with Crippen molar-refractivity contribution in [3.63, 3.8) is 0 Å². The highest BCUT2D eigenvalue weighted by Gasteiger charge is 2.30. The van der Waals surface area contributed by atoms with Crippen molar-refractivity contribution < 1.29 is 38.5 Å². The van der Waals surface area contributed by atoms with Crippen molar-refractivity contribution in [2.75, 3.05) is 7.11 Å². The van der Waals surface area contributed by atoms with Gasteiger partial charge >= 0.3 is 17.9 Å². The quantitative estimate of drug-likeness (QED) is 0.650. The van der Waals surface area contributed by atoms with Crippen LogP contribution in [0.15, 0.2) is 0 Å². The van der Waals surface area contributed by atoms with Crippen LogP contribution in [0, 0.1) is 0 Å². The molecule has 2 atom stereocenters. The van der Waals surface area contributed by atoms with Crippen molar-refractivity contribution in [3.8, 4) is 0 Å². The molecule has 0 heterocycles. The average Bonchev–Trinajstić information content (AvgIpc) is 2.32. The molecule has 0 aromatic carbocycles. The van der Waals surface area contributed by atoms with Gasteiger partial charge in [-0.1, -0.05) is 0 Å². The van der Waals surface area contributed by atoms with Gasteiger partial charge in [0.1, 0.15) is 11.4 Å². The van der Waals surface area contributed by atoms with Crippen LogP contribution in [0.5, 0.6) is 0 Å². The Morgan fingerprint density at radius 2 is 1.59 bits per heavy atom. The lowest BCUT2D eigenvalue weighted by molar-refractivity contribution is -0.175. The van der Waals surface area contributed by atoms with E-state index >= 15 is 0 Å². The summed E-state index contributed by atoms with van der Waals surface area (Å²) < 4.78 is 14.6. The second-order valence-electron chi connectivity index (χ2n) is 5.68. The Bertz CT molecular complexity index is 435. The summed E-state index contributed by atoms with van der Waals surface area (Å²) in [4.78, 5) is 45.3. The molecule has 8 heteroatoms. The Labute approximate surface area is 128 Å². The highest BCUT2D eigenvalue weighted by Crippen LogP contribution is 2.12. The minimum absolute atomic E-state index is 0.435. The standard InChI is InChI=1S/C14H22O8/c1-8(15)6-9(12(17)18)21-11(16)7-10(20-5)13(19)22-14(2,3)4/h9-10H,6-7H2,1-5H3,(H,17,18). The summed E-state index contributed by atoms with van der Waals surface area (Å²) >= 11 is 0. The van der Waals surface area contributed by atoms with Crippen LogP contribution in [0.25, 0.3) is 0 Å². The molecule has 0 aliphatic rings. The zero-order valence-electron chi connectivity index (χ0n) is 13.4. The fourth-order valence-corrected chi connectivity index (χ4v) is 1.43. The van der Waals surface area contributed by atoms with Crippen molar-refractivity contribution in [2.24, 2.45) is 0 Å². The summed E-state index contributed by atoms with van der Waals surface area (Å²) in [6.45, 7) is 6.15. The fraction of sp³-hybridized carbons (Fsp3) is 0.714. The Kier molecular flexibility index (Phi) is 7.72. The molecule has 0 fully saturated rings. The van der Waals surface area contributed by atoms with Gasteiger partial charge in [-0.15, -0.1) is 0 Å². The number of carbonyl (C=O) groups excluding carboxylic acids is 3. The third kappa shape index (κ3) is 8.35. The van der Waals surface area contributed by atoms with Gasteiger partial charge in [-0.05, 0) is 27.7 Å². The van der Waals surface area contributed by atoms with Crippen LogP contribution in [-0.2, 0) is 33.4 Å². The summed E-state index contributed by atoms with van der Waals surface area (Å²) in [6, 6.07) is 0. The number of methoxy groups -OCH3 is 1. The Hall–Kier alpha value is -1.96. The number of ketones is 1. The van der Waals surface area contributed by atoms with Gasteiger partial charge in [0.2, 0.25) is 6.10 Å². The maximum Gasteiger partial charge on any atom is 0.345 e. The first-order chi connectivity index (χ1) is 9.96. The first-order valence-corrected chi connectivity index (χ1v) is 6.63. The predicted molar refractivity (Wildman–Crippen MR) is 74.1 cm³/mol. The Morgan fingerprint density at radius 1 is 1.05 bits per heavy atom. The van der Waals surface area contributed by atoms with Crippen molar-refractivity contribution in [2.45, 2.75) is 58.3 Å². The number of Topliss-reactive ketones (excluding diaryl/α,β-unsaturated/α-hetero) is 1. The van der Waals surface area contributed by atoms with Gasteiger partial charge in [-0.3, -0.25) is 9.59 Å². The smallest absolute Gasteiger partial charge is 0.345 e. The summed E-state index contributed by atoms with van der Waals surface area (Å²) in [5.74, 6) is -3.60. The summed E-state index contributed by atoms with van der Waals surface area (Å²) in [5, 5.41) is 8.87. The van der Waals surface area contributed by atoms with Gasteiger partial charge in [0.25, 0.3) is 0 Å². The highest BCUT2D eigenvalue weighted by atomic mass is 16.6. The van der Waals surface area contributed by atoms with Crippen molar-refractivity contribution in [1.29, 1.82) is 0 Å². The van der Waals surface area contributed by atoms with E-state index in [1.807, 2.05) is 0 Å². The van der Waals surface area contributed by atoms with Gasteiger partial charge in [0.15, 0.2) is 6.10 Å². The van der Waals surface area contributed by atoms with Crippen molar-refractivity contribution >= 4 is 23.7 Å². The molecule has 2 unspecified atom stereocenters. The topological polar surface area (TPSA) is 116 Å². The molecule has 22 heavy (non-hydrogen) atoms. The number of ether oxygens (including phenoxy) is 3. The van der Waals surface area contributed by atoms with Crippen molar-refractivity contribution in [1.82, 2.24) is 0 Å². The number of carboxylic acid groups (broad SMARTS) is 1. The van der Waals surface area contributed by atoms with E-state index in [0.717, 1.165) is 0 Å². The average molecular weight is 318 g/mol. The van der Waals surface area contributed by atoms with E-state index in [9.17, 15) is 19.2 Å². The van der Waals surface area contributed by atoms with Gasteiger partial charge in [0.05, 0.1) is 12.8 Å². The molecule has 0 saturated heterocycles. The molecule has 8 nitrogen and oxygen atoms in total. The number of rotatable bonds is 8. The molecular formula is C14H22O8. The number of carbonyl (C=O) groups is 4. The number of hydrogen-bond acceptors (Lipinski definition) is 7. The summed E-state index contributed by atoms with van der Waals surface area (Å²) in [5.41, 5.74) is -0.754. The molecule has 0 spiro atoms. The van der Waals surface area contributed by atoms with E-state index in [1.165, 1.54) is 14.0 Å². The first kappa shape index (κ1) is 20.0. The Balaban J connectivity index is 4.68. The molecule has 0 aliphatic heterocycles. The van der Waals surface area contributed by atoms with Crippen LogP contribution in [0.2, 0.25) is 0 Å². The molecule has 0 aliphatic carbocycles. The van der Waals surface area contributed by atoms with Gasteiger partial charge < -0.3 is 19.3 Å². The largest absolute Gasteiger partial charge is 0.478 e. The molecule has 0 rings (SSSR count). The van der Waals surface area contributed by atoms with Gasteiger partial charge in [0, 0.05) is 7.11 Å². The van der Waals surface area contributed by atoms with E-state index in [2.05, 4.69) is 4.74 Å². The number of aliphatic carboxylic acids is 1. The van der Waals surface area contributed by atoms with Crippen LogP contribution in [0.3, 0.4) is 0 Å². The molecule has 126 valence electrons. The zero-order valence-corrected chi connectivity index (χ0v) is 13.4. The monoisotopic (exact) mass is 318 g/mol. The van der Waals surface area contributed by atoms with E-state index in [-0.39, 0.29) is 0 Å². The summed E-state index contributed by atoms with van der Waals surface area (Å²) in [7, 11) is 1.21. The summed E-state index contributed by atoms with van der Waals surface area (Å²) in [6.07, 6.45) is -3.74. The number of carboxylic acids is 1. The molecule has 0 radical (unpaired) electrons. The third-order valence-corrected chi connectivity index (χ3v) is 2.33. The Morgan fingerprint density at radius 3 is 1.95 bits per heavy atom. The third-order valence-electron chi connectivity index (χ3n) is 2.33. The van der Waals surface area contributed by atoms with Crippen LogP contribution < -0.4 is 0 Å². The predicted octanol–water partition coefficient (Wildman–Crippen LogP) is 0.709. The lowest BCUT2D eigenvalue weighted by atomic mass is 10.1. The van der Waals surface area contributed by atoms with Crippen LogP contribution in [-0.4, -0.2) is 53.7 Å². The molecule has 0 aromatic rings. The zero-order chi connectivity index (χ0) is 17.5. The fourth-order valence-electron chi connectivity index (χ4n) is 1.43. The van der Waals surface area contributed by atoms with E-state index in [0.29, 0.717) is 0 Å². The van der Waals surface area contributed by atoms with E-state index < -0.39 is 54.3 Å². The van der Waals surface area contributed by atoms with E-state index in [1.54, 1.807) is 20.8 Å². The van der Waals surface area contributed by atoms with Crippen LogP contribution in [0.4, 0.5) is 0 Å². The second kappa shape index (κ2) is 8.47. The van der Waals surface area contributed by atoms with Crippen LogP contribution in [0.1, 0.15) is 40.5 Å². The number of hydrogen-bond donors (Lipinski definition) is 1. The molecule has 0 amide bonds. The number of esters is 2. The molecule has 0 bridgehead atoms. The SMILES string of the molecule is COC(CC(=O)OC(CC(C)=O)C(=O)O)C(=O)OC(C)(C)C. The molecular weight excluding hydrogens is 296 g/mol. The second-order valence-corrected chi connectivity index (χ2v) is 5.68. The minimum Gasteiger partial charge on any atom is -0.478 e. The lowest BCUT2D eigenvalue weighted by Gasteiger charge is -2.23. The van der Waals surface area contributed by atoms with Crippen molar-refractivity contribution in [3.05, 3.63) is 0 Å². The minimum atomic E-state index is -1.58. The highest BCUT2D eigenvalue weighted by molar-refractivity contribution is 5.87. The maximum absolute atomic E-state index is 11.8. The maximum atomic E-state index is 11.8. The van der Waals surface area contributed by atoms with Gasteiger partial charge in [-0.2, -0.15) is 0 Å². The van der Waals surface area contributed by atoms with Gasteiger partial charge in [-0.25, -0.2) is 9.59 Å².